The van der Waals surface area contributed by atoms with Gasteiger partial charge in [-0.3, -0.25) is 9.59 Å². The van der Waals surface area contributed by atoms with Crippen molar-refractivity contribution in [1.82, 2.24) is 5.32 Å². The first-order valence-electron chi connectivity index (χ1n) is 7.99. The van der Waals surface area contributed by atoms with Gasteiger partial charge >= 0.3 is 0 Å². The number of ether oxygens (including phenoxy) is 2. The number of nitrogens with one attached hydrogen (secondary N) is 1. The number of rotatable bonds is 9. The van der Waals surface area contributed by atoms with Gasteiger partial charge in [-0.2, -0.15) is 0 Å². The lowest BCUT2D eigenvalue weighted by Crippen LogP contribution is -2.28. The van der Waals surface area contributed by atoms with Crippen molar-refractivity contribution < 1.29 is 23.5 Å². The van der Waals surface area contributed by atoms with Crippen molar-refractivity contribution in [3.8, 4) is 11.5 Å². The lowest BCUT2D eigenvalue weighted by Gasteiger charge is -2.11. The van der Waals surface area contributed by atoms with Gasteiger partial charge in [-0.15, -0.1) is 0 Å². The maximum atomic E-state index is 13.5. The quantitative estimate of drug-likeness (QED) is 0.709. The van der Waals surface area contributed by atoms with E-state index in [9.17, 15) is 14.0 Å². The molecule has 25 heavy (non-hydrogen) atoms. The van der Waals surface area contributed by atoms with Crippen molar-refractivity contribution in [2.75, 3.05) is 13.2 Å². The average Bonchev–Trinajstić information content (AvgIpc) is 2.64. The van der Waals surface area contributed by atoms with Crippen LogP contribution in [0.5, 0.6) is 11.5 Å². The maximum absolute atomic E-state index is 13.5. The number of amides is 1. The fourth-order valence-corrected chi connectivity index (χ4v) is 2.08. The molecule has 0 radical (unpaired) electrons. The summed E-state index contributed by atoms with van der Waals surface area (Å²) in [7, 11) is 0. The van der Waals surface area contributed by atoms with E-state index in [0.717, 1.165) is 6.42 Å². The maximum Gasteiger partial charge on any atom is 0.258 e. The fraction of sp³-hybridized carbons (Fsp3) is 0.263. The molecule has 1 N–H and O–H groups in total. The highest BCUT2D eigenvalue weighted by Gasteiger charge is 2.09. The standard InChI is InChI=1S/C19H20FNO4/c1-2-9-24-16-8-7-15(12-22)18(10-16)25-13-19(23)21-11-14-5-3-4-6-17(14)20/h3-8,10,12H,2,9,11,13H2,1H3,(H,21,23). The molecule has 0 aliphatic rings. The van der Waals surface area contributed by atoms with E-state index in [4.69, 9.17) is 9.47 Å². The summed E-state index contributed by atoms with van der Waals surface area (Å²) in [6, 6.07) is 11.0. The van der Waals surface area contributed by atoms with Crippen molar-refractivity contribution in [2.24, 2.45) is 0 Å². The molecule has 2 rings (SSSR count). The first-order chi connectivity index (χ1) is 12.1. The summed E-state index contributed by atoms with van der Waals surface area (Å²) in [6.07, 6.45) is 1.50. The highest BCUT2D eigenvalue weighted by molar-refractivity contribution is 5.81. The van der Waals surface area contributed by atoms with Crippen molar-refractivity contribution in [3.63, 3.8) is 0 Å². The molecule has 2 aromatic rings. The van der Waals surface area contributed by atoms with Gasteiger partial charge in [0.2, 0.25) is 0 Å². The van der Waals surface area contributed by atoms with Crippen LogP contribution in [-0.4, -0.2) is 25.4 Å². The molecule has 0 saturated carbocycles. The number of benzene rings is 2. The molecule has 0 saturated heterocycles. The van der Waals surface area contributed by atoms with E-state index in [1.807, 2.05) is 6.92 Å². The van der Waals surface area contributed by atoms with Crippen LogP contribution in [0, 0.1) is 5.82 Å². The van der Waals surface area contributed by atoms with Crippen LogP contribution in [-0.2, 0) is 11.3 Å². The van der Waals surface area contributed by atoms with Crippen LogP contribution in [0.4, 0.5) is 4.39 Å². The van der Waals surface area contributed by atoms with Gasteiger partial charge in [0.1, 0.15) is 17.3 Å². The van der Waals surface area contributed by atoms with E-state index in [1.54, 1.807) is 36.4 Å². The van der Waals surface area contributed by atoms with E-state index in [2.05, 4.69) is 5.32 Å². The van der Waals surface area contributed by atoms with Gasteiger partial charge in [0.25, 0.3) is 5.91 Å². The van der Waals surface area contributed by atoms with Gasteiger partial charge in [-0.1, -0.05) is 25.1 Å². The molecule has 0 aliphatic heterocycles. The van der Waals surface area contributed by atoms with Crippen LogP contribution in [0.3, 0.4) is 0 Å². The smallest absolute Gasteiger partial charge is 0.258 e. The first kappa shape index (κ1) is 18.4. The predicted octanol–water partition coefficient (Wildman–Crippen LogP) is 3.12. The second kappa shape index (κ2) is 9.42. The van der Waals surface area contributed by atoms with Crippen LogP contribution in [0.2, 0.25) is 0 Å². The molecule has 6 heteroatoms. The second-order valence-electron chi connectivity index (χ2n) is 5.32. The van der Waals surface area contributed by atoms with Crippen LogP contribution in [0.1, 0.15) is 29.3 Å². The summed E-state index contributed by atoms with van der Waals surface area (Å²) >= 11 is 0. The van der Waals surface area contributed by atoms with Crippen molar-refractivity contribution >= 4 is 12.2 Å². The van der Waals surface area contributed by atoms with Crippen LogP contribution >= 0.6 is 0 Å². The summed E-state index contributed by atoms with van der Waals surface area (Å²) in [6.45, 7) is 2.31. The second-order valence-corrected chi connectivity index (χ2v) is 5.32. The average molecular weight is 345 g/mol. The Morgan fingerprint density at radius 3 is 2.72 bits per heavy atom. The zero-order valence-corrected chi connectivity index (χ0v) is 14.0. The third-order valence-electron chi connectivity index (χ3n) is 3.38. The van der Waals surface area contributed by atoms with Crippen LogP contribution in [0.15, 0.2) is 42.5 Å². The molecule has 0 aromatic heterocycles. The highest BCUT2D eigenvalue weighted by atomic mass is 19.1. The van der Waals surface area contributed by atoms with Crippen LogP contribution < -0.4 is 14.8 Å². The minimum Gasteiger partial charge on any atom is -0.493 e. The zero-order valence-electron chi connectivity index (χ0n) is 14.0. The lowest BCUT2D eigenvalue weighted by molar-refractivity contribution is -0.123. The molecular weight excluding hydrogens is 325 g/mol. The monoisotopic (exact) mass is 345 g/mol. The van der Waals surface area contributed by atoms with Crippen molar-refractivity contribution in [3.05, 3.63) is 59.4 Å². The van der Waals surface area contributed by atoms with Gasteiger partial charge in [-0.05, 0) is 24.6 Å². The Morgan fingerprint density at radius 1 is 1.20 bits per heavy atom. The number of hydrogen-bond acceptors (Lipinski definition) is 4. The van der Waals surface area contributed by atoms with E-state index in [0.29, 0.717) is 29.8 Å². The van der Waals surface area contributed by atoms with E-state index >= 15 is 0 Å². The summed E-state index contributed by atoms with van der Waals surface area (Å²) < 4.78 is 24.4. The number of carbonyl (C=O) groups excluding carboxylic acids is 2. The van der Waals surface area contributed by atoms with Crippen LogP contribution in [0.25, 0.3) is 0 Å². The third kappa shape index (κ3) is 5.60. The molecular formula is C19H20FNO4. The van der Waals surface area contributed by atoms with Crippen molar-refractivity contribution in [1.29, 1.82) is 0 Å². The van der Waals surface area contributed by atoms with Gasteiger partial charge in [0, 0.05) is 18.2 Å². The minimum absolute atomic E-state index is 0.0645. The molecule has 0 unspecified atom stereocenters. The summed E-state index contributed by atoms with van der Waals surface area (Å²) in [5.74, 6) is 0.0339. The van der Waals surface area contributed by atoms with E-state index < -0.39 is 5.91 Å². The minimum atomic E-state index is -0.417. The molecule has 0 spiro atoms. The van der Waals surface area contributed by atoms with Gasteiger partial charge in [0.15, 0.2) is 12.9 Å². The highest BCUT2D eigenvalue weighted by Crippen LogP contribution is 2.24. The number of carbonyl (C=O) groups is 2. The Labute approximate surface area is 145 Å². The summed E-state index contributed by atoms with van der Waals surface area (Å²) in [5, 5.41) is 2.57. The number of halogens is 1. The fourth-order valence-electron chi connectivity index (χ4n) is 2.08. The molecule has 0 atom stereocenters. The van der Waals surface area contributed by atoms with Gasteiger partial charge in [0.05, 0.1) is 12.2 Å². The predicted molar refractivity (Wildman–Crippen MR) is 91.4 cm³/mol. The third-order valence-corrected chi connectivity index (χ3v) is 3.38. The molecule has 0 fully saturated rings. The lowest BCUT2D eigenvalue weighted by atomic mass is 10.2. The zero-order chi connectivity index (χ0) is 18.1. The normalized spacial score (nSPS) is 10.2. The molecule has 0 bridgehead atoms. The summed E-state index contributed by atoms with van der Waals surface area (Å²) in [5.41, 5.74) is 0.713. The van der Waals surface area contributed by atoms with Gasteiger partial charge < -0.3 is 14.8 Å². The van der Waals surface area contributed by atoms with Gasteiger partial charge in [-0.25, -0.2) is 4.39 Å². The molecule has 0 heterocycles. The number of hydrogen-bond donors (Lipinski definition) is 1. The molecule has 0 aliphatic carbocycles. The molecule has 2 aromatic carbocycles. The SMILES string of the molecule is CCCOc1ccc(C=O)c(OCC(=O)NCc2ccccc2F)c1. The number of aldehydes is 1. The van der Waals surface area contributed by atoms with Crippen molar-refractivity contribution in [2.45, 2.75) is 19.9 Å². The topological polar surface area (TPSA) is 64.6 Å². The Morgan fingerprint density at radius 2 is 2.00 bits per heavy atom. The Balaban J connectivity index is 1.92. The Bertz CT molecular complexity index is 733. The summed E-state index contributed by atoms with van der Waals surface area (Å²) in [4.78, 5) is 23.0. The molecule has 5 nitrogen and oxygen atoms in total. The first-order valence-corrected chi connectivity index (χ1v) is 7.99. The largest absolute Gasteiger partial charge is 0.493 e. The Kier molecular flexibility index (Phi) is 6.95. The molecule has 132 valence electrons. The van der Waals surface area contributed by atoms with E-state index in [-0.39, 0.29) is 24.7 Å². The van der Waals surface area contributed by atoms with E-state index in [1.165, 1.54) is 6.07 Å². The molecule has 1 amide bonds. The Hall–Kier alpha value is -2.89.